The Morgan fingerprint density at radius 1 is 0.810 bits per heavy atom. The minimum atomic E-state index is -0.368. The monoisotopic (exact) mass is 1120 g/mol. The number of nitrogens with two attached hydrogens (primary N) is 1. The summed E-state index contributed by atoms with van der Waals surface area (Å²) < 4.78 is 0. The van der Waals surface area contributed by atoms with Crippen molar-refractivity contribution < 1.29 is 0 Å². The average Bonchev–Trinajstić information content (AvgIpc) is 0.966. The van der Waals surface area contributed by atoms with Crippen LogP contribution < -0.4 is 32.3 Å². The topological polar surface area (TPSA) is 139 Å². The number of nitrogens with zero attached hydrogens (tertiary/aromatic N) is 5. The van der Waals surface area contributed by atoms with Gasteiger partial charge in [0.05, 0.1) is 18.1 Å². The molecule has 1 fully saturated rings. The summed E-state index contributed by atoms with van der Waals surface area (Å²) in [5, 5.41) is 18.4. The lowest BCUT2D eigenvalue weighted by Gasteiger charge is -2.63. The molecule has 436 valence electrons. The fourth-order valence-corrected chi connectivity index (χ4v) is 17.5. The molecule has 1 saturated carbocycles. The molecule has 7 aliphatic carbocycles. The second-order valence-corrected chi connectivity index (χ2v) is 27.4. The second kappa shape index (κ2) is 22.5. The molecule has 1 spiro atoms. The molecule has 10 atom stereocenters. The Morgan fingerprint density at radius 3 is 2.42 bits per heavy atom. The van der Waals surface area contributed by atoms with Gasteiger partial charge in [0.25, 0.3) is 0 Å². The molecule has 1 aromatic carbocycles. The van der Waals surface area contributed by atoms with Gasteiger partial charge >= 0.3 is 0 Å². The first-order valence-corrected chi connectivity index (χ1v) is 32.3. The molecule has 0 radical (unpaired) electrons. The van der Waals surface area contributed by atoms with E-state index >= 15 is 0 Å². The first-order valence-electron chi connectivity index (χ1n) is 32.3. The smallest absolute Gasteiger partial charge is 0.167 e. The summed E-state index contributed by atoms with van der Waals surface area (Å²) in [6, 6.07) is 9.66. The van der Waals surface area contributed by atoms with E-state index < -0.39 is 0 Å². The molecular formula is C73H89N11. The van der Waals surface area contributed by atoms with Crippen molar-refractivity contribution in [2.24, 2.45) is 66.6 Å². The number of benzene rings is 1. The second-order valence-electron chi connectivity index (χ2n) is 27.4. The van der Waals surface area contributed by atoms with Crippen molar-refractivity contribution in [1.82, 2.24) is 31.5 Å². The predicted molar refractivity (Wildman–Crippen MR) is 346 cm³/mol. The van der Waals surface area contributed by atoms with Crippen LogP contribution in [-0.2, 0) is 10.8 Å². The number of amidine groups is 4. The van der Waals surface area contributed by atoms with Gasteiger partial charge in [0.1, 0.15) is 17.5 Å². The number of allylic oxidation sites excluding steroid dienone is 16. The van der Waals surface area contributed by atoms with E-state index in [1.165, 1.54) is 59.4 Å². The van der Waals surface area contributed by atoms with E-state index in [1.807, 2.05) is 18.6 Å². The molecule has 11 nitrogen and oxygen atoms in total. The first-order chi connectivity index (χ1) is 41.0. The van der Waals surface area contributed by atoms with Crippen LogP contribution in [0.5, 0.6) is 0 Å². The van der Waals surface area contributed by atoms with Crippen molar-refractivity contribution in [1.29, 1.82) is 0 Å². The van der Waals surface area contributed by atoms with Gasteiger partial charge in [-0.3, -0.25) is 4.99 Å². The van der Waals surface area contributed by atoms with Crippen molar-refractivity contribution in [3.63, 3.8) is 0 Å². The van der Waals surface area contributed by atoms with Crippen molar-refractivity contribution in [2.75, 3.05) is 19.6 Å². The zero-order valence-corrected chi connectivity index (χ0v) is 50.3. The molecule has 0 bridgehead atoms. The van der Waals surface area contributed by atoms with Gasteiger partial charge in [0.2, 0.25) is 0 Å². The Bertz CT molecular complexity index is 3390. The van der Waals surface area contributed by atoms with Gasteiger partial charge in [-0.1, -0.05) is 137 Å². The number of nitrogens with one attached hydrogen (secondary N) is 5. The van der Waals surface area contributed by atoms with Crippen molar-refractivity contribution in [3.8, 4) is 0 Å². The lowest BCUT2D eigenvalue weighted by molar-refractivity contribution is 0.0194. The van der Waals surface area contributed by atoms with Crippen LogP contribution in [0.2, 0.25) is 0 Å². The number of fused-ring (bicyclic) bond motifs is 5. The predicted octanol–water partition coefficient (Wildman–Crippen LogP) is 12.3. The van der Waals surface area contributed by atoms with Crippen LogP contribution in [-0.4, -0.2) is 78.2 Å². The SMILES string of the molecule is CC(N=C(N=C(N)[C@@H]1CC=CNC1)C1=C(C2=CC=C(N3C4=C(CCC=C4)C(C)(C)C4C=CCCC43)CC2C2=NC(C3C=CC=CN3)N=C(C3=CCCNC3)N2)CCC(C2CC3(C2)c2ccccc2C(C)(C)[C@@H]2C=CCCC23)=C1)C1C=CC=CN1. The maximum atomic E-state index is 7.32. The van der Waals surface area contributed by atoms with Gasteiger partial charge in [0.15, 0.2) is 12.0 Å². The van der Waals surface area contributed by atoms with Crippen LogP contribution in [0.3, 0.4) is 0 Å². The molecule has 0 aromatic heterocycles. The Balaban J connectivity index is 0.951. The zero-order valence-electron chi connectivity index (χ0n) is 50.3. The first kappa shape index (κ1) is 54.9. The van der Waals surface area contributed by atoms with Crippen LogP contribution >= 0.6 is 0 Å². The fourth-order valence-electron chi connectivity index (χ4n) is 17.5. The lowest BCUT2D eigenvalue weighted by Crippen LogP contribution is -2.57. The highest BCUT2D eigenvalue weighted by molar-refractivity contribution is 6.13. The molecule has 11 heteroatoms. The van der Waals surface area contributed by atoms with E-state index in [-0.39, 0.29) is 52.4 Å². The van der Waals surface area contributed by atoms with Gasteiger partial charge in [-0.15, -0.1) is 0 Å². The van der Waals surface area contributed by atoms with Gasteiger partial charge in [-0.2, -0.15) is 0 Å². The third kappa shape index (κ3) is 9.78. The highest BCUT2D eigenvalue weighted by Gasteiger charge is 2.60. The van der Waals surface area contributed by atoms with Gasteiger partial charge in [-0.25, -0.2) is 15.0 Å². The molecule has 1 aromatic rings. The van der Waals surface area contributed by atoms with E-state index in [4.69, 9.17) is 25.7 Å². The third-order valence-corrected chi connectivity index (χ3v) is 22.0. The maximum Gasteiger partial charge on any atom is 0.167 e. The highest BCUT2D eigenvalue weighted by atomic mass is 15.2. The van der Waals surface area contributed by atoms with Crippen molar-refractivity contribution in [2.45, 2.75) is 159 Å². The summed E-state index contributed by atoms with van der Waals surface area (Å²) in [6.45, 7) is 14.7. The number of hydrogen-bond donors (Lipinski definition) is 6. The molecule has 6 heterocycles. The molecule has 13 aliphatic rings. The minimum Gasteiger partial charge on any atom is -0.390 e. The molecule has 0 saturated heterocycles. The van der Waals surface area contributed by atoms with Gasteiger partial charge in [0, 0.05) is 71.3 Å². The molecule has 7 N–H and O–H groups in total. The largest absolute Gasteiger partial charge is 0.390 e. The molecule has 8 unspecified atom stereocenters. The van der Waals surface area contributed by atoms with Crippen LogP contribution in [0, 0.1) is 40.9 Å². The third-order valence-electron chi connectivity index (χ3n) is 22.0. The average molecular weight is 1120 g/mol. The van der Waals surface area contributed by atoms with E-state index in [1.54, 1.807) is 16.7 Å². The van der Waals surface area contributed by atoms with E-state index in [0.717, 1.165) is 101 Å². The summed E-state index contributed by atoms with van der Waals surface area (Å²) in [5.41, 5.74) is 21.6. The Kier molecular flexibility index (Phi) is 14.7. The zero-order chi connectivity index (χ0) is 57.2. The van der Waals surface area contributed by atoms with Gasteiger partial charge < -0.3 is 37.2 Å². The molecule has 6 aliphatic heterocycles. The lowest BCUT2D eigenvalue weighted by atomic mass is 9.41. The van der Waals surface area contributed by atoms with Crippen molar-refractivity contribution >= 4 is 23.3 Å². The molecule has 84 heavy (non-hydrogen) atoms. The molecule has 14 rings (SSSR count). The van der Waals surface area contributed by atoms with Crippen LogP contribution in [0.4, 0.5) is 0 Å². The number of dihydropyridines is 2. The van der Waals surface area contributed by atoms with Crippen LogP contribution in [0.1, 0.15) is 129 Å². The Labute approximate surface area is 500 Å². The molecule has 0 amide bonds. The standard InChI is InChI=1S/C73H89N11/c1-46(62-28-14-16-38-77-62)79-68(80-66(74)48-20-18-36-75-44-48)54-40-47(50-42-73(43-50)58-24-8-6-22-56(58)71(2,3)57-23-7-9-25-59(57)73)32-34-52(54)53-35-33-51(84-64-30-12-10-26-60(64)72(4,5)61-27-11-13-31-65(61)84)41-55(53)69-81-67(49-21-19-37-76-45-49)82-70(83-69)63-29-15-17-39-78-63/h6-8,10,13-18,21-24,26,28-29,31,33,35-36,38-40,46,48,50,55,57,59-60,62-64,70,75-78H,9,11-12,19-20,25,27,30,32,34,37,41-45H2,1-5H3,(H2,74,79,80)(H,81,82,83)/t46?,48-,50?,55?,57-,59?,60?,62?,63?,64?,70?,73?/m1/s1. The van der Waals surface area contributed by atoms with E-state index in [2.05, 4.69) is 194 Å². The highest BCUT2D eigenvalue weighted by Crippen LogP contribution is 2.66. The quantitative estimate of drug-likeness (QED) is 0.0779. The number of hydrogen-bond acceptors (Lipinski definition) is 9. The summed E-state index contributed by atoms with van der Waals surface area (Å²) in [7, 11) is 0. The minimum absolute atomic E-state index is 0.000788. The number of aliphatic imine (C=N–C) groups is 4. The summed E-state index contributed by atoms with van der Waals surface area (Å²) in [5.74, 6) is 5.18. The summed E-state index contributed by atoms with van der Waals surface area (Å²) >= 11 is 0. The maximum absolute atomic E-state index is 7.32. The van der Waals surface area contributed by atoms with Gasteiger partial charge in [-0.05, 0) is 190 Å². The summed E-state index contributed by atoms with van der Waals surface area (Å²) in [6.07, 6.45) is 59.3. The van der Waals surface area contributed by atoms with Crippen LogP contribution in [0.25, 0.3) is 0 Å². The summed E-state index contributed by atoms with van der Waals surface area (Å²) in [4.78, 5) is 25.5. The Morgan fingerprint density at radius 2 is 1.63 bits per heavy atom. The van der Waals surface area contributed by atoms with E-state index in [0.29, 0.717) is 35.5 Å². The van der Waals surface area contributed by atoms with Crippen molar-refractivity contribution in [3.05, 3.63) is 202 Å². The normalized spacial score (nSPS) is 34.8. The van der Waals surface area contributed by atoms with Crippen LogP contribution in [0.15, 0.2) is 211 Å². The molecular weight excluding hydrogens is 1030 g/mol. The van der Waals surface area contributed by atoms with E-state index in [9.17, 15) is 0 Å². The fraction of sp³-hybridized carbons (Fsp3) is 0.479. The Hall–Kier alpha value is -6.98. The number of rotatable bonds is 10.